The van der Waals surface area contributed by atoms with Crippen LogP contribution in [0.2, 0.25) is 0 Å². The minimum Gasteiger partial charge on any atom is -0.490 e. The fourth-order valence-electron chi connectivity index (χ4n) is 3.15. The summed E-state index contributed by atoms with van der Waals surface area (Å²) in [6.45, 7) is 6.29. The normalized spacial score (nSPS) is 39.7. The van der Waals surface area contributed by atoms with Gasteiger partial charge in [-0.2, -0.15) is 0 Å². The summed E-state index contributed by atoms with van der Waals surface area (Å²) >= 11 is 0. The van der Waals surface area contributed by atoms with Gasteiger partial charge in [0, 0.05) is 23.3 Å². The van der Waals surface area contributed by atoms with Crippen molar-refractivity contribution < 1.29 is 9.53 Å². The highest BCUT2D eigenvalue weighted by Gasteiger charge is 2.49. The molecule has 1 aliphatic heterocycles. The van der Waals surface area contributed by atoms with Gasteiger partial charge in [0.1, 0.15) is 11.9 Å². The Hall–Kier alpha value is -1.05. The predicted octanol–water partition coefficient (Wildman–Crippen LogP) is 2.85. The Bertz CT molecular complexity index is 414. The van der Waals surface area contributed by atoms with Gasteiger partial charge in [-0.15, -0.1) is 0 Å². The third-order valence-electron chi connectivity index (χ3n) is 4.27. The zero-order valence-electron chi connectivity index (χ0n) is 10.1. The van der Waals surface area contributed by atoms with Crippen LogP contribution in [0.1, 0.15) is 33.6 Å². The third-order valence-corrected chi connectivity index (χ3v) is 4.27. The minimum atomic E-state index is -0.195. The van der Waals surface area contributed by atoms with E-state index in [1.807, 2.05) is 0 Å². The summed E-state index contributed by atoms with van der Waals surface area (Å²) in [5.74, 6) is 2.03. The standard InChI is InChI=1S/C14H18O2/c1-8-4-5-9-11(8)12-10(16-9)6-7-14(2,3)13(12)15/h4-5,8-9,11H,6-7H2,1-3H3/t8-,9-,11+/m1/s1. The molecule has 0 amide bonds. The number of carbonyl (C=O) groups is 1. The predicted molar refractivity (Wildman–Crippen MR) is 61.7 cm³/mol. The molecule has 2 nitrogen and oxygen atoms in total. The van der Waals surface area contributed by atoms with Crippen molar-refractivity contribution in [2.75, 3.05) is 0 Å². The van der Waals surface area contributed by atoms with Crippen molar-refractivity contribution in [3.8, 4) is 0 Å². The van der Waals surface area contributed by atoms with Gasteiger partial charge in [-0.05, 0) is 18.4 Å². The van der Waals surface area contributed by atoms with Crippen molar-refractivity contribution in [2.45, 2.75) is 39.7 Å². The van der Waals surface area contributed by atoms with E-state index in [1.54, 1.807) is 0 Å². The molecule has 86 valence electrons. The fourth-order valence-corrected chi connectivity index (χ4v) is 3.15. The highest BCUT2D eigenvalue weighted by Crippen LogP contribution is 2.49. The molecule has 0 saturated heterocycles. The minimum absolute atomic E-state index is 0.137. The topological polar surface area (TPSA) is 26.3 Å². The molecule has 3 atom stereocenters. The number of allylic oxidation sites excluding steroid dienone is 2. The number of ether oxygens (including phenoxy) is 1. The molecule has 2 heteroatoms. The van der Waals surface area contributed by atoms with E-state index in [4.69, 9.17) is 4.74 Å². The Kier molecular flexibility index (Phi) is 1.90. The van der Waals surface area contributed by atoms with Gasteiger partial charge < -0.3 is 4.74 Å². The van der Waals surface area contributed by atoms with Crippen LogP contribution in [0.4, 0.5) is 0 Å². The molecule has 0 radical (unpaired) electrons. The van der Waals surface area contributed by atoms with Gasteiger partial charge >= 0.3 is 0 Å². The van der Waals surface area contributed by atoms with E-state index in [0.717, 1.165) is 24.2 Å². The summed E-state index contributed by atoms with van der Waals surface area (Å²) < 4.78 is 5.90. The smallest absolute Gasteiger partial charge is 0.168 e. The van der Waals surface area contributed by atoms with Crippen LogP contribution >= 0.6 is 0 Å². The highest BCUT2D eigenvalue weighted by molar-refractivity contribution is 6.01. The highest BCUT2D eigenvalue weighted by atomic mass is 16.5. The van der Waals surface area contributed by atoms with Crippen LogP contribution in [0.3, 0.4) is 0 Å². The first-order chi connectivity index (χ1) is 7.50. The summed E-state index contributed by atoms with van der Waals surface area (Å²) in [6.07, 6.45) is 6.28. The summed E-state index contributed by atoms with van der Waals surface area (Å²) in [4.78, 5) is 12.5. The quantitative estimate of drug-likeness (QED) is 0.584. The molecule has 1 heterocycles. The van der Waals surface area contributed by atoms with E-state index in [1.165, 1.54) is 0 Å². The molecule has 0 saturated carbocycles. The van der Waals surface area contributed by atoms with Gasteiger partial charge in [0.25, 0.3) is 0 Å². The van der Waals surface area contributed by atoms with Crippen molar-refractivity contribution in [3.05, 3.63) is 23.5 Å². The second kappa shape index (κ2) is 2.99. The van der Waals surface area contributed by atoms with E-state index in [9.17, 15) is 4.79 Å². The Balaban J connectivity index is 2.02. The molecule has 0 aromatic heterocycles. The van der Waals surface area contributed by atoms with E-state index in [-0.39, 0.29) is 11.5 Å². The maximum Gasteiger partial charge on any atom is 0.168 e. The zero-order chi connectivity index (χ0) is 11.5. The maximum absolute atomic E-state index is 12.5. The van der Waals surface area contributed by atoms with Gasteiger partial charge in [-0.1, -0.05) is 26.8 Å². The van der Waals surface area contributed by atoms with Crippen LogP contribution in [-0.2, 0) is 9.53 Å². The first-order valence-electron chi connectivity index (χ1n) is 6.13. The Morgan fingerprint density at radius 3 is 2.88 bits per heavy atom. The van der Waals surface area contributed by atoms with Crippen molar-refractivity contribution >= 4 is 5.78 Å². The maximum atomic E-state index is 12.5. The molecular formula is C14H18O2. The van der Waals surface area contributed by atoms with Gasteiger partial charge in [0.2, 0.25) is 0 Å². The summed E-state index contributed by atoms with van der Waals surface area (Å²) in [5, 5.41) is 0. The van der Waals surface area contributed by atoms with Crippen molar-refractivity contribution in [2.24, 2.45) is 17.3 Å². The number of hydrogen-bond acceptors (Lipinski definition) is 2. The van der Waals surface area contributed by atoms with Gasteiger partial charge in [-0.3, -0.25) is 4.79 Å². The monoisotopic (exact) mass is 218 g/mol. The molecule has 0 N–H and O–H groups in total. The lowest BCUT2D eigenvalue weighted by atomic mass is 9.71. The number of Topliss-reactive ketones (excluding diaryl/α,β-unsaturated/α-hetero) is 1. The first-order valence-corrected chi connectivity index (χ1v) is 6.13. The molecule has 2 aliphatic carbocycles. The van der Waals surface area contributed by atoms with Crippen molar-refractivity contribution in [3.63, 3.8) is 0 Å². The largest absolute Gasteiger partial charge is 0.490 e. The van der Waals surface area contributed by atoms with Crippen LogP contribution in [0, 0.1) is 17.3 Å². The Morgan fingerprint density at radius 1 is 1.38 bits per heavy atom. The van der Waals surface area contributed by atoms with E-state index < -0.39 is 0 Å². The lowest BCUT2D eigenvalue weighted by Gasteiger charge is -2.30. The van der Waals surface area contributed by atoms with Gasteiger partial charge in [0.05, 0.1) is 0 Å². The van der Waals surface area contributed by atoms with Gasteiger partial charge in [0.15, 0.2) is 5.78 Å². The summed E-state index contributed by atoms with van der Waals surface area (Å²) in [7, 11) is 0. The number of carbonyl (C=O) groups excluding carboxylic acids is 1. The summed E-state index contributed by atoms with van der Waals surface area (Å²) in [6, 6.07) is 0. The van der Waals surface area contributed by atoms with Gasteiger partial charge in [-0.25, -0.2) is 0 Å². The lowest BCUT2D eigenvalue weighted by Crippen LogP contribution is -2.33. The molecule has 0 aromatic carbocycles. The number of rotatable bonds is 0. The number of hydrogen-bond donors (Lipinski definition) is 0. The van der Waals surface area contributed by atoms with Crippen molar-refractivity contribution in [1.29, 1.82) is 0 Å². The van der Waals surface area contributed by atoms with Crippen LogP contribution < -0.4 is 0 Å². The second-order valence-corrected chi connectivity index (χ2v) is 5.90. The molecule has 0 unspecified atom stereocenters. The Labute approximate surface area is 96.4 Å². The fraction of sp³-hybridized carbons (Fsp3) is 0.643. The molecule has 3 rings (SSSR count). The average Bonchev–Trinajstić information content (AvgIpc) is 2.74. The number of ketones is 1. The molecule has 3 aliphatic rings. The van der Waals surface area contributed by atoms with E-state index in [2.05, 4.69) is 32.9 Å². The van der Waals surface area contributed by atoms with Crippen LogP contribution in [0.25, 0.3) is 0 Å². The average molecular weight is 218 g/mol. The van der Waals surface area contributed by atoms with Crippen LogP contribution in [0.5, 0.6) is 0 Å². The molecular weight excluding hydrogens is 200 g/mol. The Morgan fingerprint density at radius 2 is 2.12 bits per heavy atom. The SMILES string of the molecule is C[C@@H]1C=C[C@H]2OC3=C(C(=O)C(C)(C)CC3)[C@@H]12. The third kappa shape index (κ3) is 1.16. The molecule has 0 fully saturated rings. The molecule has 0 bridgehead atoms. The number of fused-ring (bicyclic) bond motifs is 2. The lowest BCUT2D eigenvalue weighted by molar-refractivity contribution is -0.124. The van der Waals surface area contributed by atoms with Crippen LogP contribution in [0.15, 0.2) is 23.5 Å². The first kappa shape index (κ1) is 10.1. The van der Waals surface area contributed by atoms with E-state index in [0.29, 0.717) is 17.6 Å². The molecule has 0 spiro atoms. The van der Waals surface area contributed by atoms with Crippen LogP contribution in [-0.4, -0.2) is 11.9 Å². The zero-order valence-corrected chi connectivity index (χ0v) is 10.1. The molecule has 16 heavy (non-hydrogen) atoms. The van der Waals surface area contributed by atoms with Crippen molar-refractivity contribution in [1.82, 2.24) is 0 Å². The summed E-state index contributed by atoms with van der Waals surface area (Å²) in [5.41, 5.74) is 0.804. The van der Waals surface area contributed by atoms with E-state index >= 15 is 0 Å². The molecule has 0 aromatic rings. The second-order valence-electron chi connectivity index (χ2n) is 5.90.